The molecule has 0 saturated carbocycles. The van der Waals surface area contributed by atoms with Crippen molar-refractivity contribution < 1.29 is 25.0 Å². The highest BCUT2D eigenvalue weighted by Crippen LogP contribution is 2.47. The van der Waals surface area contributed by atoms with Gasteiger partial charge in [0.15, 0.2) is 0 Å². The molecule has 0 atom stereocenters. The lowest BCUT2D eigenvalue weighted by Crippen LogP contribution is -1.91. The van der Waals surface area contributed by atoms with Gasteiger partial charge in [-0.3, -0.25) is 0 Å². The highest BCUT2D eigenvalue weighted by atomic mass is 16.3. The molecule has 0 unspecified atom stereocenters. The summed E-state index contributed by atoms with van der Waals surface area (Å²) in [5, 5.41) is 0.742. The molecular formula is C42H26O. The van der Waals surface area contributed by atoms with Gasteiger partial charge in [-0.05, 0) is 89.9 Å². The molecule has 9 aromatic rings. The van der Waals surface area contributed by atoms with Crippen LogP contribution in [0.3, 0.4) is 0 Å². The third-order valence-corrected chi connectivity index (χ3v) is 7.74. The van der Waals surface area contributed by atoms with E-state index in [9.17, 15) is 5.48 Å². The van der Waals surface area contributed by atoms with Crippen molar-refractivity contribution in [1.82, 2.24) is 0 Å². The van der Waals surface area contributed by atoms with Crippen LogP contribution < -0.4 is 0 Å². The molecule has 1 heteroatoms. The molecule has 0 aliphatic carbocycles. The molecule has 1 heterocycles. The summed E-state index contributed by atoms with van der Waals surface area (Å²) >= 11 is 0. The van der Waals surface area contributed by atoms with E-state index in [1.807, 2.05) is 0 Å². The van der Waals surface area contributed by atoms with Gasteiger partial charge in [-0.2, -0.15) is 0 Å². The van der Waals surface area contributed by atoms with Crippen molar-refractivity contribution in [2.75, 3.05) is 0 Å². The minimum atomic E-state index is -0.571. The molecule has 1 nitrogen and oxygen atoms in total. The second kappa shape index (κ2) is 9.44. The molecular weight excluding hydrogens is 520 g/mol. The summed E-state index contributed by atoms with van der Waals surface area (Å²) in [5.41, 5.74) is 1.98. The highest BCUT2D eigenvalue weighted by molar-refractivity contribution is 6.25. The van der Waals surface area contributed by atoms with E-state index >= 15 is 0 Å². The van der Waals surface area contributed by atoms with Crippen LogP contribution in [0.15, 0.2) is 162 Å². The number of benzene rings is 8. The van der Waals surface area contributed by atoms with E-state index in [1.165, 1.54) is 0 Å². The topological polar surface area (TPSA) is 13.1 Å². The molecule has 0 amide bonds. The Hall–Kier alpha value is -5.66. The Morgan fingerprint density at radius 3 is 1.86 bits per heavy atom. The fourth-order valence-corrected chi connectivity index (χ4v) is 5.90. The molecule has 0 aliphatic heterocycles. The lowest BCUT2D eigenvalue weighted by molar-refractivity contribution is 0.669. The molecule has 0 radical (unpaired) electrons. The monoisotopic (exact) mass is 561 g/mol. The van der Waals surface area contributed by atoms with Crippen molar-refractivity contribution in [2.45, 2.75) is 0 Å². The van der Waals surface area contributed by atoms with Gasteiger partial charge in [0, 0.05) is 10.8 Å². The van der Waals surface area contributed by atoms with Crippen LogP contribution in [0.1, 0.15) is 20.6 Å². The maximum absolute atomic E-state index is 9.29. The molecule has 0 N–H and O–H groups in total. The van der Waals surface area contributed by atoms with Gasteiger partial charge in [-0.1, -0.05) is 133 Å². The molecule has 0 bridgehead atoms. The Labute approximate surface area is 270 Å². The van der Waals surface area contributed by atoms with Crippen LogP contribution >= 0.6 is 0 Å². The van der Waals surface area contributed by atoms with Crippen LogP contribution in [0.2, 0.25) is 0 Å². The van der Waals surface area contributed by atoms with E-state index in [0.29, 0.717) is 27.5 Å². The van der Waals surface area contributed by atoms with E-state index in [4.69, 9.17) is 19.5 Å². The first kappa shape index (κ1) is 13.5. The molecule has 200 valence electrons. The minimum absolute atomic E-state index is 0.0437. The third-order valence-electron chi connectivity index (χ3n) is 7.74. The Morgan fingerprint density at radius 1 is 0.442 bits per heavy atom. The van der Waals surface area contributed by atoms with E-state index in [0.717, 1.165) is 0 Å². The second-order valence-corrected chi connectivity index (χ2v) is 10.1. The van der Waals surface area contributed by atoms with Gasteiger partial charge in [0.05, 0.1) is 20.6 Å². The highest BCUT2D eigenvalue weighted by Gasteiger charge is 2.20. The zero-order valence-corrected chi connectivity index (χ0v) is 22.3. The fourth-order valence-electron chi connectivity index (χ4n) is 5.90. The fraction of sp³-hybridized carbons (Fsp3) is 0. The molecule has 0 spiro atoms. The van der Waals surface area contributed by atoms with Crippen molar-refractivity contribution in [3.05, 3.63) is 157 Å². The standard InChI is InChI=1S/C42H26O/c1-2-12-28(13-3-1)40-32-15-6-8-17-34(32)41(35-18-9-7-16-33(35)40)37-19-10-20-38-42(37)36-24-23-31(26-39(36)43-38)30-22-21-27-11-4-5-14-29(27)25-30/h1-26H/i4D,5D,6D,7D,8D,9D,11D,14D,15D,16D,17D,18D,21D,22D,25D. The van der Waals surface area contributed by atoms with Crippen LogP contribution in [0, 0.1) is 0 Å². The Balaban J connectivity index is 1.43. The minimum Gasteiger partial charge on any atom is -0.456 e. The summed E-state index contributed by atoms with van der Waals surface area (Å²) in [4.78, 5) is 0. The van der Waals surface area contributed by atoms with E-state index in [1.54, 1.807) is 66.7 Å². The Bertz CT molecular complexity index is 3260. The average Bonchev–Trinajstić information content (AvgIpc) is 3.60. The molecule has 8 aromatic carbocycles. The maximum Gasteiger partial charge on any atom is 0.136 e. The lowest BCUT2D eigenvalue weighted by Gasteiger charge is -2.18. The average molecular weight is 562 g/mol. The predicted octanol–water partition coefficient (Wildman–Crippen LogP) is 12.0. The first-order chi connectivity index (χ1) is 27.6. The van der Waals surface area contributed by atoms with Crippen molar-refractivity contribution in [3.8, 4) is 33.4 Å². The Kier molecular flexibility index (Phi) is 2.97. The largest absolute Gasteiger partial charge is 0.456 e. The first-order valence-corrected chi connectivity index (χ1v) is 13.6. The van der Waals surface area contributed by atoms with Crippen molar-refractivity contribution in [2.24, 2.45) is 0 Å². The van der Waals surface area contributed by atoms with Crippen LogP contribution in [0.25, 0.3) is 87.6 Å². The van der Waals surface area contributed by atoms with E-state index < -0.39 is 72.5 Å². The smallest absolute Gasteiger partial charge is 0.136 e. The van der Waals surface area contributed by atoms with Crippen molar-refractivity contribution in [1.29, 1.82) is 0 Å². The summed E-state index contributed by atoms with van der Waals surface area (Å²) in [5.74, 6) is 0. The number of furan rings is 1. The zero-order chi connectivity index (χ0) is 41.4. The normalized spacial score (nSPS) is 16.6. The van der Waals surface area contributed by atoms with Gasteiger partial charge in [-0.15, -0.1) is 0 Å². The Morgan fingerprint density at radius 2 is 1.12 bits per heavy atom. The van der Waals surface area contributed by atoms with Gasteiger partial charge in [0.1, 0.15) is 11.2 Å². The van der Waals surface area contributed by atoms with Gasteiger partial charge >= 0.3 is 0 Å². The van der Waals surface area contributed by atoms with E-state index in [-0.39, 0.29) is 78.3 Å². The quantitative estimate of drug-likeness (QED) is 0.196. The van der Waals surface area contributed by atoms with Crippen LogP contribution in [-0.4, -0.2) is 0 Å². The number of rotatable bonds is 3. The van der Waals surface area contributed by atoms with Crippen LogP contribution in [0.5, 0.6) is 0 Å². The summed E-state index contributed by atoms with van der Waals surface area (Å²) in [7, 11) is 0. The van der Waals surface area contributed by atoms with Crippen molar-refractivity contribution >= 4 is 54.3 Å². The molecule has 0 fully saturated rings. The van der Waals surface area contributed by atoms with Crippen LogP contribution in [-0.2, 0) is 0 Å². The van der Waals surface area contributed by atoms with Gasteiger partial charge in [0.2, 0.25) is 0 Å². The van der Waals surface area contributed by atoms with Crippen molar-refractivity contribution in [3.63, 3.8) is 0 Å². The number of hydrogen-bond donors (Lipinski definition) is 0. The molecule has 9 rings (SSSR count). The summed E-state index contributed by atoms with van der Waals surface area (Å²) in [6, 6.07) is 11.4. The van der Waals surface area contributed by atoms with Gasteiger partial charge in [-0.25, -0.2) is 0 Å². The van der Waals surface area contributed by atoms with E-state index in [2.05, 4.69) is 0 Å². The molecule has 1 aromatic heterocycles. The van der Waals surface area contributed by atoms with Gasteiger partial charge in [0.25, 0.3) is 0 Å². The molecule has 43 heavy (non-hydrogen) atoms. The maximum atomic E-state index is 9.29. The first-order valence-electron chi connectivity index (χ1n) is 21.1. The predicted molar refractivity (Wildman–Crippen MR) is 183 cm³/mol. The molecule has 0 aliphatic rings. The number of hydrogen-bond acceptors (Lipinski definition) is 1. The third kappa shape index (κ3) is 3.72. The SMILES string of the molecule is [2H]c1c([2H])c([2H])c2c([2H])c(-c3ccc4c(c3)oc3cccc(-c5c6c([2H])c([2H])c([2H])c([2H])c6c(-c6ccccc6)c6c([2H])c([2H])c([2H])c([2H])c56)c34)c([2H])c([2H])c2c1[2H]. The zero-order valence-electron chi connectivity index (χ0n) is 37.3. The number of fused-ring (bicyclic) bond motifs is 6. The second-order valence-electron chi connectivity index (χ2n) is 10.1. The summed E-state index contributed by atoms with van der Waals surface area (Å²) in [6.45, 7) is 0. The van der Waals surface area contributed by atoms with Crippen LogP contribution in [0.4, 0.5) is 0 Å². The summed E-state index contributed by atoms with van der Waals surface area (Å²) < 4.78 is 138. The summed E-state index contributed by atoms with van der Waals surface area (Å²) in [6.07, 6.45) is 0. The molecule has 0 saturated heterocycles. The lowest BCUT2D eigenvalue weighted by atomic mass is 9.85. The van der Waals surface area contributed by atoms with Gasteiger partial charge < -0.3 is 4.42 Å².